The third-order valence-corrected chi connectivity index (χ3v) is 4.41. The molecule has 1 aromatic rings. The maximum absolute atomic E-state index is 12.1. The Kier molecular flexibility index (Phi) is 7.38. The second-order valence-corrected chi connectivity index (χ2v) is 7.31. The molecule has 1 N–H and O–H groups in total. The molecule has 0 aliphatic carbocycles. The number of benzene rings is 1. The zero-order valence-electron chi connectivity index (χ0n) is 13.5. The molecule has 2 unspecified atom stereocenters. The molecule has 2 atom stereocenters. The van der Waals surface area contributed by atoms with Gasteiger partial charge in [-0.25, -0.2) is 0 Å². The molecular weight excluding hydrogens is 300 g/mol. The van der Waals surface area contributed by atoms with Crippen LogP contribution in [0.2, 0.25) is 0 Å². The number of nitrogens with zero attached hydrogens (tertiary/aromatic N) is 1. The molecule has 6 heteroatoms. The van der Waals surface area contributed by atoms with E-state index in [0.717, 1.165) is 17.7 Å². The van der Waals surface area contributed by atoms with Gasteiger partial charge in [0.15, 0.2) is 0 Å². The van der Waals surface area contributed by atoms with Crippen molar-refractivity contribution in [3.63, 3.8) is 0 Å². The van der Waals surface area contributed by atoms with Gasteiger partial charge in [-0.2, -0.15) is 0 Å². The van der Waals surface area contributed by atoms with Gasteiger partial charge in [-0.1, -0.05) is 13.8 Å². The monoisotopic (exact) mass is 324 g/mol. The van der Waals surface area contributed by atoms with Gasteiger partial charge >= 0.3 is 0 Å². The molecule has 0 fully saturated rings. The number of hydrogen-bond donors (Lipinski definition) is 1. The van der Waals surface area contributed by atoms with E-state index in [9.17, 15) is 14.9 Å². The fourth-order valence-electron chi connectivity index (χ4n) is 1.92. The summed E-state index contributed by atoms with van der Waals surface area (Å²) in [6.45, 7) is 8.20. The first-order valence-electron chi connectivity index (χ1n) is 7.51. The van der Waals surface area contributed by atoms with E-state index < -0.39 is 4.92 Å². The molecule has 0 aliphatic rings. The summed E-state index contributed by atoms with van der Waals surface area (Å²) < 4.78 is 0. The lowest BCUT2D eigenvalue weighted by atomic mass is 10.0. The minimum absolute atomic E-state index is 0.000362. The molecule has 0 bridgehead atoms. The molecule has 0 radical (unpaired) electrons. The molecule has 1 rings (SSSR count). The van der Waals surface area contributed by atoms with Gasteiger partial charge in [0, 0.05) is 23.1 Å². The van der Waals surface area contributed by atoms with Crippen molar-refractivity contribution in [3.05, 3.63) is 34.4 Å². The standard InChI is InChI=1S/C16H24N2O3S/c1-11(2)5-6-12(3)17-16(19)13(4)22-15-9-7-14(8-10-15)18(20)21/h7-13H,5-6H2,1-4H3,(H,17,19). The summed E-state index contributed by atoms with van der Waals surface area (Å²) in [5, 5.41) is 13.4. The minimum atomic E-state index is -0.430. The summed E-state index contributed by atoms with van der Waals surface area (Å²) in [7, 11) is 0. The first-order chi connectivity index (χ1) is 10.3. The van der Waals surface area contributed by atoms with Gasteiger partial charge in [-0.3, -0.25) is 14.9 Å². The van der Waals surface area contributed by atoms with Crippen LogP contribution in [0.3, 0.4) is 0 Å². The average Bonchev–Trinajstić information content (AvgIpc) is 2.45. The van der Waals surface area contributed by atoms with Crippen LogP contribution in [0.5, 0.6) is 0 Å². The molecule has 0 heterocycles. The molecule has 0 aromatic heterocycles. The maximum atomic E-state index is 12.1. The summed E-state index contributed by atoms with van der Waals surface area (Å²) >= 11 is 1.40. The van der Waals surface area contributed by atoms with E-state index >= 15 is 0 Å². The van der Waals surface area contributed by atoms with E-state index in [4.69, 9.17) is 0 Å². The van der Waals surface area contributed by atoms with Crippen molar-refractivity contribution >= 4 is 23.4 Å². The molecule has 5 nitrogen and oxygen atoms in total. The van der Waals surface area contributed by atoms with Gasteiger partial charge in [0.1, 0.15) is 0 Å². The highest BCUT2D eigenvalue weighted by Crippen LogP contribution is 2.25. The molecule has 0 saturated carbocycles. The van der Waals surface area contributed by atoms with Gasteiger partial charge in [-0.05, 0) is 44.7 Å². The Balaban J connectivity index is 2.48. The SMILES string of the molecule is CC(C)CCC(C)NC(=O)C(C)Sc1ccc([N+](=O)[O-])cc1. The number of nitro benzene ring substituents is 1. The topological polar surface area (TPSA) is 72.2 Å². The van der Waals surface area contributed by atoms with Crippen molar-refractivity contribution in [2.24, 2.45) is 5.92 Å². The largest absolute Gasteiger partial charge is 0.353 e. The number of rotatable bonds is 8. The van der Waals surface area contributed by atoms with Crippen molar-refractivity contribution in [2.75, 3.05) is 0 Å². The Labute approximate surface area is 136 Å². The lowest BCUT2D eigenvalue weighted by molar-refractivity contribution is -0.384. The van der Waals surface area contributed by atoms with Crippen molar-refractivity contribution in [1.29, 1.82) is 0 Å². The van der Waals surface area contributed by atoms with Crippen molar-refractivity contribution < 1.29 is 9.72 Å². The first kappa shape index (κ1) is 18.5. The molecule has 0 aliphatic heterocycles. The minimum Gasteiger partial charge on any atom is -0.353 e. The quantitative estimate of drug-likeness (QED) is 0.445. The van der Waals surface area contributed by atoms with Crippen LogP contribution in [0.1, 0.15) is 40.5 Å². The number of thioether (sulfide) groups is 1. The Morgan fingerprint density at radius 2 is 1.77 bits per heavy atom. The molecule has 1 aromatic carbocycles. The van der Waals surface area contributed by atoms with Crippen LogP contribution in [-0.2, 0) is 4.79 Å². The summed E-state index contributed by atoms with van der Waals surface area (Å²) in [6, 6.07) is 6.43. The number of carbonyl (C=O) groups is 1. The van der Waals surface area contributed by atoms with E-state index in [1.807, 2.05) is 13.8 Å². The van der Waals surface area contributed by atoms with E-state index in [-0.39, 0.29) is 22.9 Å². The Bertz CT molecular complexity index is 503. The number of carbonyl (C=O) groups excluding carboxylic acids is 1. The normalized spacial score (nSPS) is 13.7. The van der Waals surface area contributed by atoms with Crippen LogP contribution in [0.15, 0.2) is 29.2 Å². The molecule has 22 heavy (non-hydrogen) atoms. The van der Waals surface area contributed by atoms with Crippen LogP contribution in [0.25, 0.3) is 0 Å². The smallest absolute Gasteiger partial charge is 0.269 e. The third kappa shape index (κ3) is 6.47. The number of non-ortho nitro benzene ring substituents is 1. The van der Waals surface area contributed by atoms with Gasteiger partial charge in [0.25, 0.3) is 5.69 Å². The number of amides is 1. The van der Waals surface area contributed by atoms with Gasteiger partial charge in [0.05, 0.1) is 10.2 Å². The van der Waals surface area contributed by atoms with Crippen LogP contribution >= 0.6 is 11.8 Å². The van der Waals surface area contributed by atoms with Crippen LogP contribution in [0.4, 0.5) is 5.69 Å². The lowest BCUT2D eigenvalue weighted by Gasteiger charge is -2.18. The van der Waals surface area contributed by atoms with Crippen molar-refractivity contribution in [3.8, 4) is 0 Å². The molecule has 0 saturated heterocycles. The fraction of sp³-hybridized carbons (Fsp3) is 0.562. The maximum Gasteiger partial charge on any atom is 0.269 e. The fourth-order valence-corrected chi connectivity index (χ4v) is 2.80. The zero-order valence-corrected chi connectivity index (χ0v) is 14.4. The Morgan fingerprint density at radius 1 is 1.18 bits per heavy atom. The Morgan fingerprint density at radius 3 is 2.27 bits per heavy atom. The predicted octanol–water partition coefficient (Wildman–Crippen LogP) is 4.02. The van der Waals surface area contributed by atoms with Gasteiger partial charge < -0.3 is 5.32 Å². The van der Waals surface area contributed by atoms with Gasteiger partial charge in [0.2, 0.25) is 5.91 Å². The second kappa shape index (κ2) is 8.78. The third-order valence-electron chi connectivity index (χ3n) is 3.30. The summed E-state index contributed by atoms with van der Waals surface area (Å²) in [4.78, 5) is 23.2. The second-order valence-electron chi connectivity index (χ2n) is 5.89. The zero-order chi connectivity index (χ0) is 16.7. The van der Waals surface area contributed by atoms with E-state index in [1.165, 1.54) is 23.9 Å². The average molecular weight is 324 g/mol. The number of hydrogen-bond acceptors (Lipinski definition) is 4. The number of nitro groups is 1. The highest BCUT2D eigenvalue weighted by molar-refractivity contribution is 8.00. The number of nitrogens with one attached hydrogen (secondary N) is 1. The van der Waals surface area contributed by atoms with E-state index in [0.29, 0.717) is 5.92 Å². The van der Waals surface area contributed by atoms with E-state index in [2.05, 4.69) is 19.2 Å². The van der Waals surface area contributed by atoms with Crippen molar-refractivity contribution in [1.82, 2.24) is 5.32 Å². The van der Waals surface area contributed by atoms with Crippen LogP contribution in [0, 0.1) is 16.0 Å². The summed E-state index contributed by atoms with van der Waals surface area (Å²) in [5.41, 5.74) is 0.0590. The molecule has 122 valence electrons. The van der Waals surface area contributed by atoms with Crippen LogP contribution < -0.4 is 5.32 Å². The van der Waals surface area contributed by atoms with Crippen LogP contribution in [-0.4, -0.2) is 22.1 Å². The molecular formula is C16H24N2O3S. The first-order valence-corrected chi connectivity index (χ1v) is 8.39. The highest BCUT2D eigenvalue weighted by Gasteiger charge is 2.17. The van der Waals surface area contributed by atoms with E-state index in [1.54, 1.807) is 12.1 Å². The predicted molar refractivity (Wildman–Crippen MR) is 90.1 cm³/mol. The molecule has 1 amide bonds. The van der Waals surface area contributed by atoms with Gasteiger partial charge in [-0.15, -0.1) is 11.8 Å². The highest BCUT2D eigenvalue weighted by atomic mass is 32.2. The summed E-state index contributed by atoms with van der Waals surface area (Å²) in [6.07, 6.45) is 2.06. The Hall–Kier alpha value is -1.56. The summed E-state index contributed by atoms with van der Waals surface area (Å²) in [5.74, 6) is 0.630. The lowest BCUT2D eigenvalue weighted by Crippen LogP contribution is -2.37. The van der Waals surface area contributed by atoms with Crippen molar-refractivity contribution in [2.45, 2.75) is 56.7 Å². The molecule has 0 spiro atoms.